The van der Waals surface area contributed by atoms with Crippen molar-refractivity contribution in [3.05, 3.63) is 17.7 Å². The normalized spacial score (nSPS) is 18.9. The number of ether oxygens (including phenoxy) is 1. The second-order valence-electron chi connectivity index (χ2n) is 4.62. The van der Waals surface area contributed by atoms with Crippen molar-refractivity contribution in [3.8, 4) is 0 Å². The maximum atomic E-state index is 12.1. The van der Waals surface area contributed by atoms with Gasteiger partial charge < -0.3 is 4.74 Å². The number of sulfonamides is 1. The molecule has 1 aromatic rings. The van der Waals surface area contributed by atoms with E-state index in [1.165, 1.54) is 12.4 Å². The van der Waals surface area contributed by atoms with E-state index in [1.807, 2.05) is 6.92 Å². The number of nitrogens with one attached hydrogen (secondary N) is 1. The molecule has 1 saturated heterocycles. The minimum atomic E-state index is -3.62. The van der Waals surface area contributed by atoms with Gasteiger partial charge >= 0.3 is 0 Å². The number of halogens is 1. The van der Waals surface area contributed by atoms with Gasteiger partial charge in [-0.25, -0.2) is 23.1 Å². The molecule has 0 aliphatic carbocycles. The summed E-state index contributed by atoms with van der Waals surface area (Å²) in [6.07, 6.45) is 2.39. The lowest BCUT2D eigenvalue weighted by Gasteiger charge is -2.29. The molecule has 1 aliphatic heterocycles. The summed E-state index contributed by atoms with van der Waals surface area (Å²) in [7, 11) is -3.62. The van der Waals surface area contributed by atoms with Crippen LogP contribution < -0.4 is 4.72 Å². The monoisotopic (exact) mass is 320 g/mol. The Hall–Kier alpha value is -0.800. The van der Waals surface area contributed by atoms with E-state index in [0.717, 1.165) is 13.1 Å². The average molecular weight is 321 g/mol. The third-order valence-electron chi connectivity index (χ3n) is 2.90. The molecule has 9 heteroatoms. The Morgan fingerprint density at radius 2 is 2.00 bits per heavy atom. The molecule has 20 heavy (non-hydrogen) atoms. The van der Waals surface area contributed by atoms with Crippen molar-refractivity contribution in [2.45, 2.75) is 17.9 Å². The fourth-order valence-corrected chi connectivity index (χ4v) is 3.20. The Bertz CT molecular complexity index is 531. The number of hydrogen-bond donors (Lipinski definition) is 1. The highest BCUT2D eigenvalue weighted by molar-refractivity contribution is 7.89. The van der Waals surface area contributed by atoms with Crippen molar-refractivity contribution in [2.24, 2.45) is 0 Å². The van der Waals surface area contributed by atoms with Crippen LogP contribution in [0.15, 0.2) is 17.3 Å². The zero-order valence-corrected chi connectivity index (χ0v) is 12.7. The second-order valence-corrected chi connectivity index (χ2v) is 6.68. The van der Waals surface area contributed by atoms with Gasteiger partial charge in [0.1, 0.15) is 4.90 Å². The highest BCUT2D eigenvalue weighted by atomic mass is 35.5. The Balaban J connectivity index is 1.95. The van der Waals surface area contributed by atoms with Crippen molar-refractivity contribution in [2.75, 3.05) is 32.8 Å². The molecule has 0 bridgehead atoms. The van der Waals surface area contributed by atoms with E-state index >= 15 is 0 Å². The fourth-order valence-electron chi connectivity index (χ4n) is 1.98. The van der Waals surface area contributed by atoms with E-state index in [-0.39, 0.29) is 16.2 Å². The van der Waals surface area contributed by atoms with Gasteiger partial charge in [0.05, 0.1) is 25.6 Å². The van der Waals surface area contributed by atoms with Gasteiger partial charge in [-0.15, -0.1) is 0 Å². The third-order valence-corrected chi connectivity index (χ3v) is 4.64. The Kier molecular flexibility index (Phi) is 5.28. The predicted octanol–water partition coefficient (Wildman–Crippen LogP) is 0.129. The molecular formula is C11H17ClN4O3S. The van der Waals surface area contributed by atoms with Gasteiger partial charge in [0, 0.05) is 25.7 Å². The lowest BCUT2D eigenvalue weighted by Crippen LogP contribution is -2.45. The van der Waals surface area contributed by atoms with E-state index in [4.69, 9.17) is 16.3 Å². The lowest BCUT2D eigenvalue weighted by molar-refractivity contribution is 0.0354. The van der Waals surface area contributed by atoms with Crippen LogP contribution in [0.3, 0.4) is 0 Å². The van der Waals surface area contributed by atoms with Gasteiger partial charge in [-0.05, 0) is 18.5 Å². The third kappa shape index (κ3) is 4.35. The van der Waals surface area contributed by atoms with Crippen molar-refractivity contribution in [1.29, 1.82) is 0 Å². The lowest BCUT2D eigenvalue weighted by atomic mass is 10.3. The van der Waals surface area contributed by atoms with E-state index < -0.39 is 10.0 Å². The molecule has 1 atom stereocenters. The number of rotatable bonds is 5. The van der Waals surface area contributed by atoms with E-state index in [1.54, 1.807) is 0 Å². The predicted molar refractivity (Wildman–Crippen MR) is 74.1 cm³/mol. The highest BCUT2D eigenvalue weighted by Gasteiger charge is 2.20. The summed E-state index contributed by atoms with van der Waals surface area (Å²) < 4.78 is 32.1. The van der Waals surface area contributed by atoms with Crippen LogP contribution in [0.25, 0.3) is 0 Å². The highest BCUT2D eigenvalue weighted by Crippen LogP contribution is 2.09. The summed E-state index contributed by atoms with van der Waals surface area (Å²) in [5.74, 6) is 0. The van der Waals surface area contributed by atoms with Crippen molar-refractivity contribution in [1.82, 2.24) is 19.6 Å². The molecule has 0 amide bonds. The van der Waals surface area contributed by atoms with E-state index in [9.17, 15) is 8.42 Å². The molecule has 0 spiro atoms. The smallest absolute Gasteiger partial charge is 0.243 e. The van der Waals surface area contributed by atoms with Crippen LogP contribution in [0, 0.1) is 0 Å². The molecule has 1 N–H and O–H groups in total. The molecule has 0 radical (unpaired) electrons. The fraction of sp³-hybridized carbons (Fsp3) is 0.636. The first-order chi connectivity index (χ1) is 9.47. The number of nitrogens with zero attached hydrogens (tertiary/aromatic N) is 3. The summed E-state index contributed by atoms with van der Waals surface area (Å²) in [6, 6.07) is -0.214. The molecule has 2 rings (SSSR count). The molecule has 1 aliphatic rings. The van der Waals surface area contributed by atoms with Crippen LogP contribution >= 0.6 is 11.6 Å². The molecular weight excluding hydrogens is 304 g/mol. The van der Waals surface area contributed by atoms with Crippen molar-refractivity contribution >= 4 is 21.6 Å². The van der Waals surface area contributed by atoms with E-state index in [0.29, 0.717) is 19.8 Å². The maximum Gasteiger partial charge on any atom is 0.243 e. The molecule has 0 saturated carbocycles. The van der Waals surface area contributed by atoms with Gasteiger partial charge in [0.15, 0.2) is 0 Å². The molecule has 1 fully saturated rings. The Labute approximate surface area is 123 Å². The summed E-state index contributed by atoms with van der Waals surface area (Å²) in [6.45, 7) is 5.46. The zero-order valence-electron chi connectivity index (χ0n) is 11.1. The van der Waals surface area contributed by atoms with Gasteiger partial charge in [-0.2, -0.15) is 0 Å². The quantitative estimate of drug-likeness (QED) is 0.776. The zero-order chi connectivity index (χ0) is 14.6. The van der Waals surface area contributed by atoms with Crippen molar-refractivity contribution in [3.63, 3.8) is 0 Å². The number of aromatic nitrogens is 2. The topological polar surface area (TPSA) is 84.4 Å². The van der Waals surface area contributed by atoms with Crippen LogP contribution in [0.1, 0.15) is 6.92 Å². The first-order valence-electron chi connectivity index (χ1n) is 6.27. The van der Waals surface area contributed by atoms with Gasteiger partial charge in [-0.3, -0.25) is 4.90 Å². The number of morpholine rings is 1. The minimum absolute atomic E-state index is 0.00993. The molecule has 112 valence electrons. The van der Waals surface area contributed by atoms with E-state index in [2.05, 4.69) is 19.6 Å². The van der Waals surface area contributed by atoms with Crippen molar-refractivity contribution < 1.29 is 13.2 Å². The minimum Gasteiger partial charge on any atom is -0.379 e. The van der Waals surface area contributed by atoms with Crippen LogP contribution in [-0.2, 0) is 14.8 Å². The first-order valence-corrected chi connectivity index (χ1v) is 8.13. The molecule has 1 aromatic heterocycles. The van der Waals surface area contributed by atoms with Crippen LogP contribution in [-0.4, -0.2) is 62.2 Å². The molecule has 1 unspecified atom stereocenters. The SMILES string of the molecule is CC(CN1CCOCC1)NS(=O)(=O)c1cnc(Cl)nc1. The van der Waals surface area contributed by atoms with Crippen LogP contribution in [0.2, 0.25) is 5.28 Å². The van der Waals surface area contributed by atoms with Gasteiger partial charge in [0.25, 0.3) is 0 Å². The summed E-state index contributed by atoms with van der Waals surface area (Å²) >= 11 is 5.54. The maximum absolute atomic E-state index is 12.1. The van der Waals surface area contributed by atoms with Gasteiger partial charge in [0.2, 0.25) is 15.3 Å². The second kappa shape index (κ2) is 6.77. The molecule has 2 heterocycles. The van der Waals surface area contributed by atoms with Gasteiger partial charge in [-0.1, -0.05) is 0 Å². The molecule has 7 nitrogen and oxygen atoms in total. The van der Waals surface area contributed by atoms with Crippen LogP contribution in [0.5, 0.6) is 0 Å². The Morgan fingerprint density at radius 3 is 2.60 bits per heavy atom. The van der Waals surface area contributed by atoms with Crippen LogP contribution in [0.4, 0.5) is 0 Å². The average Bonchev–Trinajstić information content (AvgIpc) is 2.39. The summed E-state index contributed by atoms with van der Waals surface area (Å²) in [5.41, 5.74) is 0. The molecule has 0 aromatic carbocycles. The largest absolute Gasteiger partial charge is 0.379 e. The Morgan fingerprint density at radius 1 is 1.40 bits per heavy atom. The first kappa shape index (κ1) is 15.6. The summed E-state index contributed by atoms with van der Waals surface area (Å²) in [4.78, 5) is 9.52. The summed E-state index contributed by atoms with van der Waals surface area (Å²) in [5, 5.41) is 0.0188. The standard InChI is InChI=1S/C11H17ClN4O3S/c1-9(8-16-2-4-19-5-3-16)15-20(17,18)10-6-13-11(12)14-7-10/h6-7,9,15H,2-5,8H2,1H3. The number of hydrogen-bond acceptors (Lipinski definition) is 6.